The highest BCUT2D eigenvalue weighted by molar-refractivity contribution is 5.34. The molecule has 0 bridgehead atoms. The number of halogens is 2. The van der Waals surface area contributed by atoms with Crippen LogP contribution in [0.5, 0.6) is 0 Å². The molecule has 1 heterocycles. The molecule has 0 saturated carbocycles. The van der Waals surface area contributed by atoms with Crippen molar-refractivity contribution in [1.29, 1.82) is 0 Å². The Kier molecular flexibility index (Phi) is 4.49. The summed E-state index contributed by atoms with van der Waals surface area (Å²) in [5.74, 6) is -1.63. The maximum Gasteiger partial charge on any atom is 0.163 e. The van der Waals surface area contributed by atoms with Crippen molar-refractivity contribution >= 4 is 0 Å². The Labute approximate surface area is 117 Å². The second kappa shape index (κ2) is 6.13. The molecule has 0 radical (unpaired) electrons. The van der Waals surface area contributed by atoms with Gasteiger partial charge in [-0.3, -0.25) is 4.68 Å². The van der Waals surface area contributed by atoms with Gasteiger partial charge in [-0.15, -0.1) is 0 Å². The molecule has 0 saturated heterocycles. The van der Waals surface area contributed by atoms with Crippen LogP contribution < -0.4 is 5.32 Å². The quantitative estimate of drug-likeness (QED) is 0.911. The summed E-state index contributed by atoms with van der Waals surface area (Å²) in [6, 6.07) is 3.88. The van der Waals surface area contributed by atoms with Crippen LogP contribution in [0.4, 0.5) is 8.78 Å². The topological polar surface area (TPSA) is 29.9 Å². The second-order valence-electron chi connectivity index (χ2n) is 4.84. The van der Waals surface area contributed by atoms with Crippen molar-refractivity contribution in [3.05, 3.63) is 52.9 Å². The third-order valence-corrected chi connectivity index (χ3v) is 3.48. The number of benzene rings is 1. The van der Waals surface area contributed by atoms with Crippen molar-refractivity contribution in [3.8, 4) is 0 Å². The molecule has 0 aliphatic rings. The first kappa shape index (κ1) is 14.7. The molecule has 0 spiro atoms. The van der Waals surface area contributed by atoms with Gasteiger partial charge in [-0.2, -0.15) is 5.10 Å². The van der Waals surface area contributed by atoms with Gasteiger partial charge in [-0.1, -0.05) is 19.1 Å². The predicted octanol–water partition coefficient (Wildman–Crippen LogP) is 3.10. The van der Waals surface area contributed by atoms with Gasteiger partial charge in [0.1, 0.15) is 0 Å². The van der Waals surface area contributed by atoms with Gasteiger partial charge in [0.15, 0.2) is 11.6 Å². The lowest BCUT2D eigenvalue weighted by Gasteiger charge is -2.19. The Morgan fingerprint density at radius 1 is 1.30 bits per heavy atom. The molecule has 1 atom stereocenters. The molecule has 5 heteroatoms. The van der Waals surface area contributed by atoms with E-state index in [2.05, 4.69) is 10.4 Å². The minimum Gasteiger partial charge on any atom is -0.306 e. The van der Waals surface area contributed by atoms with Gasteiger partial charge in [0.05, 0.1) is 12.2 Å². The fourth-order valence-corrected chi connectivity index (χ4v) is 2.22. The lowest BCUT2D eigenvalue weighted by molar-refractivity contribution is 0.479. The summed E-state index contributed by atoms with van der Waals surface area (Å²) < 4.78 is 29.2. The molecule has 108 valence electrons. The van der Waals surface area contributed by atoms with Gasteiger partial charge >= 0.3 is 0 Å². The largest absolute Gasteiger partial charge is 0.306 e. The number of nitrogens with zero attached hydrogens (tertiary/aromatic N) is 2. The van der Waals surface area contributed by atoms with E-state index in [9.17, 15) is 8.78 Å². The van der Waals surface area contributed by atoms with E-state index in [-0.39, 0.29) is 6.04 Å². The van der Waals surface area contributed by atoms with Crippen molar-refractivity contribution in [2.45, 2.75) is 26.3 Å². The van der Waals surface area contributed by atoms with E-state index in [0.29, 0.717) is 5.56 Å². The first-order valence-electron chi connectivity index (χ1n) is 6.72. The number of hydrogen-bond donors (Lipinski definition) is 1. The zero-order chi connectivity index (χ0) is 14.7. The summed E-state index contributed by atoms with van der Waals surface area (Å²) in [4.78, 5) is 0. The van der Waals surface area contributed by atoms with Gasteiger partial charge in [0.25, 0.3) is 0 Å². The van der Waals surface area contributed by atoms with E-state index in [1.807, 2.05) is 20.9 Å². The molecule has 1 unspecified atom stereocenters. The Morgan fingerprint density at radius 2 is 2.05 bits per heavy atom. The average Bonchev–Trinajstić information content (AvgIpc) is 2.76. The number of aryl methyl sites for hydroxylation is 1. The molecule has 1 N–H and O–H groups in total. The molecular formula is C15H19F2N3. The fraction of sp³-hybridized carbons (Fsp3) is 0.400. The van der Waals surface area contributed by atoms with Crippen molar-refractivity contribution in [2.24, 2.45) is 7.05 Å². The lowest BCUT2D eigenvalue weighted by atomic mass is 9.98. The molecule has 3 nitrogen and oxygen atoms in total. The van der Waals surface area contributed by atoms with Gasteiger partial charge < -0.3 is 5.32 Å². The van der Waals surface area contributed by atoms with Gasteiger partial charge in [0, 0.05) is 23.9 Å². The first-order valence-corrected chi connectivity index (χ1v) is 6.72. The maximum absolute atomic E-state index is 14.1. The molecule has 2 rings (SSSR count). The van der Waals surface area contributed by atoms with Crippen LogP contribution in [0.25, 0.3) is 0 Å². The molecule has 2 aromatic rings. The molecule has 0 aliphatic carbocycles. The highest BCUT2D eigenvalue weighted by atomic mass is 19.2. The molecule has 1 aromatic heterocycles. The third-order valence-electron chi connectivity index (χ3n) is 3.48. The monoisotopic (exact) mass is 279 g/mol. The van der Waals surface area contributed by atoms with Gasteiger partial charge in [-0.25, -0.2) is 8.78 Å². The van der Waals surface area contributed by atoms with Crippen molar-refractivity contribution in [2.75, 3.05) is 6.54 Å². The number of hydrogen-bond acceptors (Lipinski definition) is 2. The molecule has 1 aromatic carbocycles. The van der Waals surface area contributed by atoms with Crippen molar-refractivity contribution < 1.29 is 8.78 Å². The van der Waals surface area contributed by atoms with Crippen LogP contribution in [0.2, 0.25) is 0 Å². The van der Waals surface area contributed by atoms with E-state index in [4.69, 9.17) is 0 Å². The smallest absolute Gasteiger partial charge is 0.163 e. The van der Waals surface area contributed by atoms with Crippen molar-refractivity contribution in [3.63, 3.8) is 0 Å². The first-order chi connectivity index (χ1) is 9.56. The average molecular weight is 279 g/mol. The lowest BCUT2D eigenvalue weighted by Crippen LogP contribution is -2.25. The van der Waals surface area contributed by atoms with Crippen LogP contribution >= 0.6 is 0 Å². The van der Waals surface area contributed by atoms with Gasteiger partial charge in [-0.05, 0) is 26.0 Å². The molecule has 0 aliphatic heterocycles. The Morgan fingerprint density at radius 3 is 2.65 bits per heavy atom. The summed E-state index contributed by atoms with van der Waals surface area (Å²) in [6.07, 6.45) is 2.61. The molecule has 20 heavy (non-hydrogen) atoms. The minimum atomic E-state index is -0.827. The van der Waals surface area contributed by atoms with E-state index in [1.165, 1.54) is 6.07 Å². The van der Waals surface area contributed by atoms with Crippen LogP contribution in [0.3, 0.4) is 0 Å². The summed E-state index contributed by atoms with van der Waals surface area (Å²) >= 11 is 0. The number of rotatable bonds is 5. The highest BCUT2D eigenvalue weighted by Crippen LogP contribution is 2.27. The maximum atomic E-state index is 14.1. The predicted molar refractivity (Wildman–Crippen MR) is 74.4 cm³/mol. The minimum absolute atomic E-state index is 0.314. The van der Waals surface area contributed by atoms with Crippen LogP contribution in [0.1, 0.15) is 36.2 Å². The van der Waals surface area contributed by atoms with Crippen LogP contribution in [-0.2, 0) is 7.05 Å². The van der Waals surface area contributed by atoms with E-state index in [0.717, 1.165) is 30.3 Å². The normalized spacial score (nSPS) is 12.7. The van der Waals surface area contributed by atoms with Crippen molar-refractivity contribution in [1.82, 2.24) is 15.1 Å². The van der Waals surface area contributed by atoms with Crippen LogP contribution in [0, 0.1) is 18.6 Å². The van der Waals surface area contributed by atoms with E-state index in [1.54, 1.807) is 16.9 Å². The SMILES string of the molecule is CCCNC(c1cccc(F)c1F)c1cnn(C)c1C. The standard InChI is InChI=1S/C15H19F2N3/c1-4-8-18-15(12-9-19-20(3)10(12)2)11-6-5-7-13(16)14(11)17/h5-7,9,15,18H,4,8H2,1-3H3. The third kappa shape index (κ3) is 2.72. The molecular weight excluding hydrogens is 260 g/mol. The number of nitrogens with one attached hydrogen (secondary N) is 1. The van der Waals surface area contributed by atoms with E-state index >= 15 is 0 Å². The number of aromatic nitrogens is 2. The van der Waals surface area contributed by atoms with Crippen LogP contribution in [0.15, 0.2) is 24.4 Å². The van der Waals surface area contributed by atoms with Gasteiger partial charge in [0.2, 0.25) is 0 Å². The Balaban J connectivity index is 2.47. The molecule has 0 amide bonds. The fourth-order valence-electron chi connectivity index (χ4n) is 2.22. The Bertz CT molecular complexity index is 593. The summed E-state index contributed by atoms with van der Waals surface area (Å²) in [6.45, 7) is 4.66. The molecule has 0 fully saturated rings. The second-order valence-corrected chi connectivity index (χ2v) is 4.84. The summed E-state index contributed by atoms with van der Waals surface area (Å²) in [5, 5.41) is 7.45. The zero-order valence-electron chi connectivity index (χ0n) is 12.0. The zero-order valence-corrected chi connectivity index (χ0v) is 12.0. The highest BCUT2D eigenvalue weighted by Gasteiger charge is 2.22. The summed E-state index contributed by atoms with van der Waals surface area (Å²) in [5.41, 5.74) is 2.11. The van der Waals surface area contributed by atoms with Crippen LogP contribution in [-0.4, -0.2) is 16.3 Å². The van der Waals surface area contributed by atoms with E-state index < -0.39 is 11.6 Å². The summed E-state index contributed by atoms with van der Waals surface area (Å²) in [7, 11) is 1.83. The Hall–Kier alpha value is -1.75.